The van der Waals surface area contributed by atoms with E-state index in [1.54, 1.807) is 19.2 Å². The van der Waals surface area contributed by atoms with Gasteiger partial charge in [-0.15, -0.1) is 0 Å². The lowest BCUT2D eigenvalue weighted by Crippen LogP contribution is -2.41. The number of aliphatic imine (C=N–C) groups is 1. The molecule has 0 saturated carbocycles. The number of morpholine rings is 1. The molecule has 6 nitrogen and oxygen atoms in total. The van der Waals surface area contributed by atoms with Gasteiger partial charge in [0.1, 0.15) is 0 Å². The van der Waals surface area contributed by atoms with E-state index in [0.717, 1.165) is 19.6 Å². The largest absolute Gasteiger partial charge is 0.416 e. The van der Waals surface area contributed by atoms with Crippen molar-refractivity contribution < 1.29 is 22.6 Å². The molecule has 2 heterocycles. The van der Waals surface area contributed by atoms with Crippen LogP contribution in [-0.4, -0.2) is 71.0 Å². The minimum atomic E-state index is -4.42. The Balaban J connectivity index is 1.69. The van der Waals surface area contributed by atoms with Gasteiger partial charge in [-0.25, -0.2) is 0 Å². The van der Waals surface area contributed by atoms with Crippen molar-refractivity contribution in [3.05, 3.63) is 29.3 Å². The van der Waals surface area contributed by atoms with Crippen LogP contribution in [0.1, 0.15) is 17.5 Å². The third-order valence-electron chi connectivity index (χ3n) is 5.34. The molecule has 1 N–H and O–H groups in total. The Morgan fingerprint density at radius 1 is 1.24 bits per heavy atom. The number of halogens is 3. The van der Waals surface area contributed by atoms with Crippen LogP contribution in [0, 0.1) is 5.92 Å². The fraction of sp³-hybridized carbons (Fsp3) is 0.650. The molecule has 0 bridgehead atoms. The van der Waals surface area contributed by atoms with Crippen molar-refractivity contribution in [3.8, 4) is 0 Å². The van der Waals surface area contributed by atoms with Crippen molar-refractivity contribution in [2.45, 2.75) is 19.1 Å². The van der Waals surface area contributed by atoms with E-state index in [9.17, 15) is 13.2 Å². The summed E-state index contributed by atoms with van der Waals surface area (Å²) < 4.78 is 51.8. The van der Waals surface area contributed by atoms with Gasteiger partial charge in [-0.2, -0.15) is 13.2 Å². The van der Waals surface area contributed by atoms with Gasteiger partial charge in [0.15, 0.2) is 5.96 Å². The molecule has 0 radical (unpaired) electrons. The van der Waals surface area contributed by atoms with Crippen molar-refractivity contribution in [2.24, 2.45) is 10.9 Å². The fourth-order valence-electron chi connectivity index (χ4n) is 3.76. The molecule has 2 aliphatic rings. The van der Waals surface area contributed by atoms with Gasteiger partial charge in [0.05, 0.1) is 25.4 Å². The fourth-order valence-corrected chi connectivity index (χ4v) is 3.76. The molecule has 9 heteroatoms. The highest BCUT2D eigenvalue weighted by Gasteiger charge is 2.34. The molecular weight excluding hydrogens is 385 g/mol. The van der Waals surface area contributed by atoms with E-state index in [1.165, 1.54) is 6.07 Å². The SMILES string of the molecule is CN=C(NCc1ccc(N2CCOCC2)cc1C(F)(F)F)N(C)CC1CCOC1. The zero-order chi connectivity index (χ0) is 20.9. The molecule has 2 saturated heterocycles. The van der Waals surface area contributed by atoms with Gasteiger partial charge in [-0.3, -0.25) is 4.99 Å². The van der Waals surface area contributed by atoms with E-state index >= 15 is 0 Å². The van der Waals surface area contributed by atoms with Crippen LogP contribution in [0.4, 0.5) is 18.9 Å². The number of nitrogens with zero attached hydrogens (tertiary/aromatic N) is 3. The summed E-state index contributed by atoms with van der Waals surface area (Å²) in [6.45, 7) is 4.52. The zero-order valence-corrected chi connectivity index (χ0v) is 17.0. The molecule has 3 rings (SSSR count). The van der Waals surface area contributed by atoms with Gasteiger partial charge in [0.2, 0.25) is 0 Å². The predicted molar refractivity (Wildman–Crippen MR) is 106 cm³/mol. The monoisotopic (exact) mass is 414 g/mol. The Labute approximate surface area is 169 Å². The van der Waals surface area contributed by atoms with Crippen molar-refractivity contribution in [2.75, 3.05) is 65.1 Å². The zero-order valence-electron chi connectivity index (χ0n) is 17.0. The van der Waals surface area contributed by atoms with Crippen LogP contribution in [0.2, 0.25) is 0 Å². The molecule has 0 amide bonds. The van der Waals surface area contributed by atoms with E-state index < -0.39 is 11.7 Å². The summed E-state index contributed by atoms with van der Waals surface area (Å²) in [5.74, 6) is 0.986. The summed E-state index contributed by atoms with van der Waals surface area (Å²) in [4.78, 5) is 8.08. The van der Waals surface area contributed by atoms with Gasteiger partial charge in [-0.05, 0) is 24.1 Å². The first-order chi connectivity index (χ1) is 13.9. The van der Waals surface area contributed by atoms with Crippen molar-refractivity contribution in [3.63, 3.8) is 0 Å². The number of rotatable bonds is 5. The van der Waals surface area contributed by atoms with Crippen molar-refractivity contribution in [1.82, 2.24) is 10.2 Å². The second kappa shape index (κ2) is 9.67. The number of benzene rings is 1. The minimum absolute atomic E-state index is 0.0520. The Hall–Kier alpha value is -2.00. The van der Waals surface area contributed by atoms with Gasteiger partial charge >= 0.3 is 6.18 Å². The standard InChI is InChI=1S/C20H29F3N4O2/c1-24-19(26(2)13-15-5-8-29-14-15)25-12-16-3-4-17(11-18(16)20(21,22)23)27-6-9-28-10-7-27/h3-4,11,15H,5-10,12-14H2,1-2H3,(H,24,25). The Bertz CT molecular complexity index is 699. The first kappa shape index (κ1) is 21.7. The second-order valence-corrected chi connectivity index (χ2v) is 7.45. The first-order valence-corrected chi connectivity index (χ1v) is 9.91. The summed E-state index contributed by atoms with van der Waals surface area (Å²) >= 11 is 0. The molecule has 2 fully saturated rings. The lowest BCUT2D eigenvalue weighted by molar-refractivity contribution is -0.138. The number of hydrogen-bond acceptors (Lipinski definition) is 4. The highest BCUT2D eigenvalue weighted by molar-refractivity contribution is 5.79. The lowest BCUT2D eigenvalue weighted by atomic mass is 10.0. The van der Waals surface area contributed by atoms with Gasteiger partial charge in [0, 0.05) is 58.5 Å². The summed E-state index contributed by atoms with van der Waals surface area (Å²) in [5.41, 5.74) is 0.164. The second-order valence-electron chi connectivity index (χ2n) is 7.45. The lowest BCUT2D eigenvalue weighted by Gasteiger charge is -2.30. The van der Waals surface area contributed by atoms with Crippen LogP contribution < -0.4 is 10.2 Å². The number of nitrogens with one attached hydrogen (secondary N) is 1. The van der Waals surface area contributed by atoms with Crippen LogP contribution in [-0.2, 0) is 22.2 Å². The molecule has 2 aliphatic heterocycles. The van der Waals surface area contributed by atoms with Gasteiger partial charge in [-0.1, -0.05) is 6.07 Å². The molecule has 1 atom stereocenters. The maximum atomic E-state index is 13.7. The average Bonchev–Trinajstić information content (AvgIpc) is 3.21. The molecule has 29 heavy (non-hydrogen) atoms. The van der Waals surface area contributed by atoms with Crippen molar-refractivity contribution in [1.29, 1.82) is 0 Å². The van der Waals surface area contributed by atoms with Crippen LogP contribution in [0.3, 0.4) is 0 Å². The minimum Gasteiger partial charge on any atom is -0.381 e. The maximum Gasteiger partial charge on any atom is 0.416 e. The van der Waals surface area contributed by atoms with Gasteiger partial charge < -0.3 is 24.6 Å². The Morgan fingerprint density at radius 3 is 2.62 bits per heavy atom. The van der Waals surface area contributed by atoms with Gasteiger partial charge in [0.25, 0.3) is 0 Å². The average molecular weight is 414 g/mol. The quantitative estimate of drug-likeness (QED) is 0.593. The molecule has 1 aromatic carbocycles. The topological polar surface area (TPSA) is 49.3 Å². The number of hydrogen-bond donors (Lipinski definition) is 1. The summed E-state index contributed by atoms with van der Waals surface area (Å²) in [6.07, 6.45) is -3.43. The molecule has 0 aliphatic carbocycles. The normalized spacial score (nSPS) is 20.8. The summed E-state index contributed by atoms with van der Waals surface area (Å²) in [7, 11) is 3.52. The first-order valence-electron chi connectivity index (χ1n) is 9.91. The van der Waals surface area contributed by atoms with Crippen LogP contribution >= 0.6 is 0 Å². The van der Waals surface area contributed by atoms with E-state index in [1.807, 2.05) is 16.8 Å². The number of guanidine groups is 1. The van der Waals surface area contributed by atoms with Crippen molar-refractivity contribution >= 4 is 11.6 Å². The maximum absolute atomic E-state index is 13.7. The number of alkyl halides is 3. The van der Waals surface area contributed by atoms with Crippen LogP contribution in [0.25, 0.3) is 0 Å². The highest BCUT2D eigenvalue weighted by Crippen LogP contribution is 2.35. The third-order valence-corrected chi connectivity index (χ3v) is 5.34. The molecule has 162 valence electrons. The molecule has 1 aromatic rings. The summed E-state index contributed by atoms with van der Waals surface area (Å²) in [5, 5.41) is 3.07. The smallest absolute Gasteiger partial charge is 0.381 e. The molecule has 0 spiro atoms. The third kappa shape index (κ3) is 5.76. The molecule has 0 aromatic heterocycles. The van der Waals surface area contributed by atoms with E-state index in [0.29, 0.717) is 50.5 Å². The predicted octanol–water partition coefficient (Wildman–Crippen LogP) is 2.59. The van der Waals surface area contributed by atoms with E-state index in [-0.39, 0.29) is 12.1 Å². The molecular formula is C20H29F3N4O2. The highest BCUT2D eigenvalue weighted by atomic mass is 19.4. The number of anilines is 1. The van der Waals surface area contributed by atoms with Crippen LogP contribution in [0.5, 0.6) is 0 Å². The number of ether oxygens (including phenoxy) is 2. The van der Waals surface area contributed by atoms with E-state index in [2.05, 4.69) is 10.3 Å². The van der Waals surface area contributed by atoms with E-state index in [4.69, 9.17) is 9.47 Å². The Morgan fingerprint density at radius 2 is 2.00 bits per heavy atom. The Kier molecular flexibility index (Phi) is 7.23. The van der Waals surface area contributed by atoms with Crippen LogP contribution in [0.15, 0.2) is 23.2 Å². The summed E-state index contributed by atoms with van der Waals surface area (Å²) in [6, 6.07) is 4.54. The molecule has 1 unspecified atom stereocenters.